The minimum Gasteiger partial charge on any atom is -0.462 e. The van der Waals surface area contributed by atoms with Gasteiger partial charge in [0.25, 0.3) is 0 Å². The molecule has 24 heavy (non-hydrogen) atoms. The van der Waals surface area contributed by atoms with Crippen LogP contribution in [0.2, 0.25) is 0 Å². The standard InChI is InChI=1S/C20H29NO3/c1-3-21(4-2)15-16-24-19(22)20(23,17-11-7-5-8-12-17)18-13-9-6-10-14-18/h5,7-9,11-13,18,23H,3-4,6,10,14-16H2,1-2H3/t18-,20+/m0/s1. The minimum absolute atomic E-state index is 0.241. The molecule has 0 amide bonds. The lowest BCUT2D eigenvalue weighted by Gasteiger charge is -2.34. The molecular weight excluding hydrogens is 302 g/mol. The fourth-order valence-electron chi connectivity index (χ4n) is 3.25. The van der Waals surface area contributed by atoms with Crippen molar-refractivity contribution in [3.63, 3.8) is 0 Å². The maximum Gasteiger partial charge on any atom is 0.343 e. The van der Waals surface area contributed by atoms with E-state index >= 15 is 0 Å². The molecule has 0 aliphatic heterocycles. The molecule has 2 rings (SSSR count). The van der Waals surface area contributed by atoms with E-state index in [-0.39, 0.29) is 5.92 Å². The predicted molar refractivity (Wildman–Crippen MR) is 95.6 cm³/mol. The third-order valence-electron chi connectivity index (χ3n) is 4.85. The van der Waals surface area contributed by atoms with E-state index in [0.29, 0.717) is 18.7 Å². The lowest BCUT2D eigenvalue weighted by atomic mass is 9.76. The first kappa shape index (κ1) is 18.7. The van der Waals surface area contributed by atoms with Crippen LogP contribution in [0, 0.1) is 5.92 Å². The molecule has 0 radical (unpaired) electrons. The fourth-order valence-corrected chi connectivity index (χ4v) is 3.25. The summed E-state index contributed by atoms with van der Waals surface area (Å²) in [6, 6.07) is 9.17. The fraction of sp³-hybridized carbons (Fsp3) is 0.550. The first-order valence-electron chi connectivity index (χ1n) is 8.97. The van der Waals surface area contributed by atoms with Crippen molar-refractivity contribution >= 4 is 5.97 Å². The average molecular weight is 331 g/mol. The van der Waals surface area contributed by atoms with Crippen molar-refractivity contribution in [1.29, 1.82) is 0 Å². The third-order valence-corrected chi connectivity index (χ3v) is 4.85. The zero-order valence-electron chi connectivity index (χ0n) is 14.8. The Morgan fingerprint density at radius 2 is 2.00 bits per heavy atom. The van der Waals surface area contributed by atoms with E-state index in [1.807, 2.05) is 30.4 Å². The second-order valence-corrected chi connectivity index (χ2v) is 6.26. The number of carbonyl (C=O) groups is 1. The molecule has 1 aromatic rings. The zero-order valence-corrected chi connectivity index (χ0v) is 14.8. The van der Waals surface area contributed by atoms with Crippen LogP contribution in [0.3, 0.4) is 0 Å². The van der Waals surface area contributed by atoms with Gasteiger partial charge in [0.05, 0.1) is 0 Å². The summed E-state index contributed by atoms with van der Waals surface area (Å²) >= 11 is 0. The molecule has 0 unspecified atom stereocenters. The predicted octanol–water partition coefficient (Wildman–Crippen LogP) is 3.12. The number of hydrogen-bond donors (Lipinski definition) is 1. The van der Waals surface area contributed by atoms with Crippen molar-refractivity contribution in [3.8, 4) is 0 Å². The van der Waals surface area contributed by atoms with Crippen LogP contribution >= 0.6 is 0 Å². The molecule has 132 valence electrons. The number of rotatable bonds is 8. The van der Waals surface area contributed by atoms with E-state index in [2.05, 4.69) is 18.7 Å². The Labute approximate surface area is 145 Å². The second kappa shape index (κ2) is 9.00. The first-order valence-corrected chi connectivity index (χ1v) is 8.97. The molecule has 4 nitrogen and oxygen atoms in total. The van der Waals surface area contributed by atoms with E-state index in [9.17, 15) is 9.90 Å². The molecule has 0 heterocycles. The van der Waals surface area contributed by atoms with Gasteiger partial charge in [0.2, 0.25) is 0 Å². The van der Waals surface area contributed by atoms with Crippen LogP contribution in [-0.4, -0.2) is 42.2 Å². The number of ether oxygens (including phenoxy) is 1. The smallest absolute Gasteiger partial charge is 0.343 e. The van der Waals surface area contributed by atoms with Crippen molar-refractivity contribution in [3.05, 3.63) is 48.0 Å². The summed E-state index contributed by atoms with van der Waals surface area (Å²) < 4.78 is 5.48. The molecule has 0 saturated heterocycles. The van der Waals surface area contributed by atoms with E-state index in [1.54, 1.807) is 12.1 Å². The highest BCUT2D eigenvalue weighted by molar-refractivity contribution is 5.82. The molecule has 2 atom stereocenters. The maximum absolute atomic E-state index is 12.8. The Morgan fingerprint density at radius 1 is 1.29 bits per heavy atom. The van der Waals surface area contributed by atoms with Crippen LogP contribution in [-0.2, 0) is 15.1 Å². The SMILES string of the molecule is CCN(CC)CCOC(=O)[C@@](O)(c1ccccc1)[C@H]1C=CCCC1. The lowest BCUT2D eigenvalue weighted by molar-refractivity contribution is -0.172. The van der Waals surface area contributed by atoms with Gasteiger partial charge in [-0.3, -0.25) is 0 Å². The Kier molecular flexibility index (Phi) is 7.00. The maximum atomic E-state index is 12.8. The summed E-state index contributed by atoms with van der Waals surface area (Å²) in [5.41, 5.74) is -1.00. The van der Waals surface area contributed by atoms with Gasteiger partial charge in [-0.2, -0.15) is 0 Å². The number of benzene rings is 1. The van der Waals surface area contributed by atoms with Gasteiger partial charge in [-0.25, -0.2) is 4.79 Å². The van der Waals surface area contributed by atoms with Crippen molar-refractivity contribution in [2.45, 2.75) is 38.7 Å². The van der Waals surface area contributed by atoms with Crippen LogP contribution in [0.5, 0.6) is 0 Å². The van der Waals surface area contributed by atoms with Crippen molar-refractivity contribution in [2.75, 3.05) is 26.2 Å². The molecule has 0 aromatic heterocycles. The normalized spacial score (nSPS) is 19.9. The number of aliphatic hydroxyl groups is 1. The van der Waals surface area contributed by atoms with Gasteiger partial charge in [-0.1, -0.05) is 56.3 Å². The highest BCUT2D eigenvalue weighted by Crippen LogP contribution is 2.37. The van der Waals surface area contributed by atoms with E-state index in [4.69, 9.17) is 4.74 Å². The average Bonchev–Trinajstić information content (AvgIpc) is 2.65. The Bertz CT molecular complexity index is 539. The van der Waals surface area contributed by atoms with Crippen molar-refractivity contribution < 1.29 is 14.6 Å². The van der Waals surface area contributed by atoms with Gasteiger partial charge in [0.15, 0.2) is 5.60 Å². The minimum atomic E-state index is -1.61. The Balaban J connectivity index is 2.15. The Morgan fingerprint density at radius 3 is 2.58 bits per heavy atom. The van der Waals surface area contributed by atoms with Gasteiger partial charge in [0.1, 0.15) is 6.61 Å². The van der Waals surface area contributed by atoms with Gasteiger partial charge >= 0.3 is 5.97 Å². The second-order valence-electron chi connectivity index (χ2n) is 6.26. The molecule has 0 fully saturated rings. The summed E-state index contributed by atoms with van der Waals surface area (Å²) in [5.74, 6) is -0.785. The summed E-state index contributed by atoms with van der Waals surface area (Å²) in [4.78, 5) is 15.0. The number of esters is 1. The summed E-state index contributed by atoms with van der Waals surface area (Å²) in [6.07, 6.45) is 6.77. The molecule has 0 spiro atoms. The quantitative estimate of drug-likeness (QED) is 0.587. The molecule has 1 aliphatic carbocycles. The Hall–Kier alpha value is -1.65. The number of nitrogens with zero attached hydrogens (tertiary/aromatic N) is 1. The topological polar surface area (TPSA) is 49.8 Å². The van der Waals surface area contributed by atoms with Crippen molar-refractivity contribution in [2.24, 2.45) is 5.92 Å². The summed E-state index contributed by atoms with van der Waals surface area (Å²) in [5, 5.41) is 11.3. The number of hydrogen-bond acceptors (Lipinski definition) is 4. The summed E-state index contributed by atoms with van der Waals surface area (Å²) in [7, 11) is 0. The molecule has 1 aliphatic rings. The molecule has 1 aromatic carbocycles. The number of carbonyl (C=O) groups excluding carboxylic acids is 1. The van der Waals surface area contributed by atoms with Crippen LogP contribution in [0.25, 0.3) is 0 Å². The van der Waals surface area contributed by atoms with E-state index in [1.165, 1.54) is 0 Å². The third kappa shape index (κ3) is 4.25. The number of likely N-dealkylation sites (N-methyl/N-ethyl adjacent to an activating group) is 1. The molecule has 0 bridgehead atoms. The van der Waals surface area contributed by atoms with E-state index in [0.717, 1.165) is 32.4 Å². The zero-order chi connectivity index (χ0) is 17.4. The van der Waals surface area contributed by atoms with Gasteiger partial charge in [-0.15, -0.1) is 0 Å². The first-order chi connectivity index (χ1) is 11.6. The number of allylic oxidation sites excluding steroid dienone is 1. The summed E-state index contributed by atoms with van der Waals surface area (Å²) in [6.45, 7) is 6.98. The van der Waals surface area contributed by atoms with Crippen LogP contribution in [0.1, 0.15) is 38.7 Å². The highest BCUT2D eigenvalue weighted by atomic mass is 16.5. The largest absolute Gasteiger partial charge is 0.462 e. The van der Waals surface area contributed by atoms with Gasteiger partial charge in [0, 0.05) is 12.5 Å². The van der Waals surface area contributed by atoms with E-state index < -0.39 is 11.6 Å². The lowest BCUT2D eigenvalue weighted by Crippen LogP contribution is -2.45. The van der Waals surface area contributed by atoms with Gasteiger partial charge in [-0.05, 0) is 37.9 Å². The van der Waals surface area contributed by atoms with Gasteiger partial charge < -0.3 is 14.7 Å². The molecule has 0 saturated carbocycles. The monoisotopic (exact) mass is 331 g/mol. The van der Waals surface area contributed by atoms with Crippen molar-refractivity contribution in [1.82, 2.24) is 4.90 Å². The van der Waals surface area contributed by atoms with Crippen LogP contribution < -0.4 is 0 Å². The highest BCUT2D eigenvalue weighted by Gasteiger charge is 2.46. The van der Waals surface area contributed by atoms with Crippen LogP contribution in [0.4, 0.5) is 0 Å². The molecule has 4 heteroatoms. The molecule has 1 N–H and O–H groups in total. The molecular formula is C20H29NO3. The van der Waals surface area contributed by atoms with Crippen LogP contribution in [0.15, 0.2) is 42.5 Å².